The number of unbranched alkanes of at least 4 members (excludes halogenated alkanes) is 1. The Morgan fingerprint density at radius 1 is 1.18 bits per heavy atom. The summed E-state index contributed by atoms with van der Waals surface area (Å²) in [6, 6.07) is 7.75. The number of rotatable bonds is 12. The van der Waals surface area contributed by atoms with Gasteiger partial charge in [0.15, 0.2) is 12.6 Å². The van der Waals surface area contributed by atoms with E-state index >= 15 is 0 Å². The molecule has 3 N–H and O–H groups in total. The highest BCUT2D eigenvalue weighted by Gasteiger charge is 2.07. The average molecular weight is 504 g/mol. The molecule has 0 aliphatic heterocycles. The molecule has 0 aliphatic rings. The Hall–Kier alpha value is -1.51. The van der Waals surface area contributed by atoms with Crippen molar-refractivity contribution in [1.82, 2.24) is 16.0 Å². The van der Waals surface area contributed by atoms with E-state index in [4.69, 9.17) is 4.74 Å². The number of benzene rings is 1. The maximum atomic E-state index is 11.5. The molecule has 0 radical (unpaired) electrons. The molecule has 0 aromatic heterocycles. The zero-order chi connectivity index (χ0) is 19.9. The molecule has 1 amide bonds. The molecule has 0 heterocycles. The van der Waals surface area contributed by atoms with E-state index in [9.17, 15) is 4.79 Å². The van der Waals surface area contributed by atoms with Crippen molar-refractivity contribution in [3.8, 4) is 5.75 Å². The maximum Gasteiger partial charge on any atom is 0.257 e. The molecular weight excluding hydrogens is 467 g/mol. The van der Waals surface area contributed by atoms with Crippen LogP contribution in [0.5, 0.6) is 5.75 Å². The van der Waals surface area contributed by atoms with E-state index < -0.39 is 0 Å². The number of hydrogen-bond donors (Lipinski definition) is 3. The molecule has 160 valence electrons. The van der Waals surface area contributed by atoms with E-state index in [1.54, 1.807) is 7.05 Å². The normalized spacial score (nSPS) is 11.9. The van der Waals surface area contributed by atoms with Crippen LogP contribution in [0.2, 0.25) is 0 Å². The Morgan fingerprint density at radius 3 is 2.61 bits per heavy atom. The minimum Gasteiger partial charge on any atom is -0.484 e. The van der Waals surface area contributed by atoms with E-state index in [0.29, 0.717) is 24.8 Å². The third-order valence-electron chi connectivity index (χ3n) is 4.43. The molecule has 0 saturated carbocycles. The molecule has 1 aromatic rings. The first kappa shape index (κ1) is 26.5. The summed E-state index contributed by atoms with van der Waals surface area (Å²) in [5.74, 6) is 2.06. The molecular formula is C21H37IN4O2. The van der Waals surface area contributed by atoms with Crippen molar-refractivity contribution in [3.05, 3.63) is 29.8 Å². The fourth-order valence-electron chi connectivity index (χ4n) is 2.73. The number of hydrogen-bond acceptors (Lipinski definition) is 3. The summed E-state index contributed by atoms with van der Waals surface area (Å²) in [6.45, 7) is 8.58. The van der Waals surface area contributed by atoms with E-state index in [1.165, 1.54) is 25.7 Å². The molecule has 0 aliphatic carbocycles. The first-order chi connectivity index (χ1) is 13.1. The van der Waals surface area contributed by atoms with Gasteiger partial charge in [0.1, 0.15) is 5.75 Å². The van der Waals surface area contributed by atoms with E-state index in [2.05, 4.69) is 34.8 Å². The van der Waals surface area contributed by atoms with Crippen molar-refractivity contribution < 1.29 is 9.53 Å². The number of nitrogens with one attached hydrogen (secondary N) is 3. The summed E-state index contributed by atoms with van der Waals surface area (Å²) in [4.78, 5) is 15.8. The molecule has 1 atom stereocenters. The van der Waals surface area contributed by atoms with Crippen molar-refractivity contribution in [2.75, 3.05) is 26.7 Å². The van der Waals surface area contributed by atoms with Crippen LogP contribution in [-0.4, -0.2) is 38.6 Å². The number of aliphatic imine (C=N–C) groups is 1. The molecule has 0 fully saturated rings. The molecule has 0 bridgehead atoms. The summed E-state index contributed by atoms with van der Waals surface area (Å²) in [6.07, 6.45) is 4.94. The SMILES string of the molecule is CCCCC(CC)CNC(=NC)NCc1cccc(OCC(=O)NCC)c1.I. The standard InChI is InChI=1S/C21H36N4O2.HI/c1-5-8-10-17(6-2)14-24-21(22-4)25-15-18-11-9-12-19(13-18)27-16-20(26)23-7-3;/h9,11-13,17H,5-8,10,14-16H2,1-4H3,(H,23,26)(H2,22,24,25);1H. The lowest BCUT2D eigenvalue weighted by Crippen LogP contribution is -2.39. The number of halogens is 1. The van der Waals surface area contributed by atoms with Crippen LogP contribution in [0.3, 0.4) is 0 Å². The van der Waals surface area contributed by atoms with E-state index in [0.717, 1.165) is 18.1 Å². The Balaban J connectivity index is 0.00000729. The fourth-order valence-corrected chi connectivity index (χ4v) is 2.73. The van der Waals surface area contributed by atoms with Gasteiger partial charge in [-0.15, -0.1) is 24.0 Å². The minimum absolute atomic E-state index is 0. The van der Waals surface area contributed by atoms with Gasteiger partial charge in [0.2, 0.25) is 0 Å². The van der Waals surface area contributed by atoms with E-state index in [-0.39, 0.29) is 36.5 Å². The van der Waals surface area contributed by atoms with Gasteiger partial charge < -0.3 is 20.7 Å². The van der Waals surface area contributed by atoms with Gasteiger partial charge in [-0.05, 0) is 37.0 Å². The summed E-state index contributed by atoms with van der Waals surface area (Å²) in [7, 11) is 1.79. The second kappa shape index (κ2) is 16.4. The highest BCUT2D eigenvalue weighted by atomic mass is 127. The van der Waals surface area contributed by atoms with Gasteiger partial charge in [-0.25, -0.2) is 0 Å². The lowest BCUT2D eigenvalue weighted by atomic mass is 9.99. The van der Waals surface area contributed by atoms with Crippen LogP contribution in [0, 0.1) is 5.92 Å². The highest BCUT2D eigenvalue weighted by molar-refractivity contribution is 14.0. The minimum atomic E-state index is -0.112. The van der Waals surface area contributed by atoms with Crippen molar-refractivity contribution in [3.63, 3.8) is 0 Å². The van der Waals surface area contributed by atoms with Gasteiger partial charge in [0.25, 0.3) is 5.91 Å². The highest BCUT2D eigenvalue weighted by Crippen LogP contribution is 2.13. The quantitative estimate of drug-likeness (QED) is 0.231. The van der Waals surface area contributed by atoms with Crippen LogP contribution in [0.4, 0.5) is 0 Å². The number of likely N-dealkylation sites (N-methyl/N-ethyl adjacent to an activating group) is 1. The van der Waals surface area contributed by atoms with Crippen LogP contribution in [0.25, 0.3) is 0 Å². The number of guanidine groups is 1. The van der Waals surface area contributed by atoms with E-state index in [1.807, 2.05) is 31.2 Å². The molecule has 0 spiro atoms. The molecule has 28 heavy (non-hydrogen) atoms. The third kappa shape index (κ3) is 11.4. The predicted octanol–water partition coefficient (Wildman–Crippen LogP) is 3.70. The topological polar surface area (TPSA) is 74.8 Å². The van der Waals surface area contributed by atoms with Gasteiger partial charge in [0, 0.05) is 26.7 Å². The smallest absolute Gasteiger partial charge is 0.257 e. The fraction of sp³-hybridized carbons (Fsp3) is 0.619. The Morgan fingerprint density at radius 2 is 1.96 bits per heavy atom. The van der Waals surface area contributed by atoms with Gasteiger partial charge in [-0.2, -0.15) is 0 Å². The predicted molar refractivity (Wildman–Crippen MR) is 128 cm³/mol. The number of carbonyl (C=O) groups is 1. The van der Waals surface area contributed by atoms with Crippen LogP contribution in [0.1, 0.15) is 52.0 Å². The first-order valence-corrected chi connectivity index (χ1v) is 10.1. The largest absolute Gasteiger partial charge is 0.484 e. The average Bonchev–Trinajstić information content (AvgIpc) is 2.69. The van der Waals surface area contributed by atoms with Gasteiger partial charge >= 0.3 is 0 Å². The first-order valence-electron chi connectivity index (χ1n) is 10.1. The zero-order valence-corrected chi connectivity index (χ0v) is 20.0. The zero-order valence-electron chi connectivity index (χ0n) is 17.7. The van der Waals surface area contributed by atoms with Crippen molar-refractivity contribution in [1.29, 1.82) is 0 Å². The number of carbonyl (C=O) groups excluding carboxylic acids is 1. The molecule has 6 nitrogen and oxygen atoms in total. The summed E-state index contributed by atoms with van der Waals surface area (Å²) in [5.41, 5.74) is 1.07. The van der Waals surface area contributed by atoms with Gasteiger partial charge in [-0.1, -0.05) is 45.2 Å². The lowest BCUT2D eigenvalue weighted by Gasteiger charge is -2.18. The van der Waals surface area contributed by atoms with Gasteiger partial charge in [-0.3, -0.25) is 9.79 Å². The molecule has 1 unspecified atom stereocenters. The van der Waals surface area contributed by atoms with Crippen molar-refractivity contribution in [2.24, 2.45) is 10.9 Å². The number of nitrogens with zero attached hydrogens (tertiary/aromatic N) is 1. The summed E-state index contributed by atoms with van der Waals surface area (Å²) < 4.78 is 5.54. The molecule has 1 aromatic carbocycles. The number of amides is 1. The maximum absolute atomic E-state index is 11.5. The molecule has 7 heteroatoms. The van der Waals surface area contributed by atoms with Crippen LogP contribution in [-0.2, 0) is 11.3 Å². The van der Waals surface area contributed by atoms with Crippen molar-refractivity contribution >= 4 is 35.8 Å². The Labute approximate surface area is 187 Å². The monoisotopic (exact) mass is 504 g/mol. The molecule has 0 saturated heterocycles. The van der Waals surface area contributed by atoms with Gasteiger partial charge in [0.05, 0.1) is 0 Å². The lowest BCUT2D eigenvalue weighted by molar-refractivity contribution is -0.122. The third-order valence-corrected chi connectivity index (χ3v) is 4.43. The van der Waals surface area contributed by atoms with Crippen LogP contribution in [0.15, 0.2) is 29.3 Å². The molecule has 1 rings (SSSR count). The Bertz CT molecular complexity index is 581. The van der Waals surface area contributed by atoms with Crippen LogP contribution < -0.4 is 20.7 Å². The van der Waals surface area contributed by atoms with Crippen LogP contribution >= 0.6 is 24.0 Å². The second-order valence-electron chi connectivity index (χ2n) is 6.61. The summed E-state index contributed by atoms with van der Waals surface area (Å²) >= 11 is 0. The Kier molecular flexibility index (Phi) is 15.6. The van der Waals surface area contributed by atoms with Crippen molar-refractivity contribution in [2.45, 2.75) is 53.0 Å². The second-order valence-corrected chi connectivity index (χ2v) is 6.61. The number of ether oxygens (including phenoxy) is 1. The summed E-state index contributed by atoms with van der Waals surface area (Å²) in [5, 5.41) is 9.48.